The summed E-state index contributed by atoms with van der Waals surface area (Å²) in [5, 5.41) is 9.90. The third-order valence-corrected chi connectivity index (χ3v) is 3.40. The van der Waals surface area contributed by atoms with Gasteiger partial charge < -0.3 is 9.84 Å². The second kappa shape index (κ2) is 5.21. The molecule has 0 atom stereocenters. The highest BCUT2D eigenvalue weighted by atomic mass is 16.5. The lowest BCUT2D eigenvalue weighted by molar-refractivity contribution is -0.139. The van der Waals surface area contributed by atoms with Gasteiger partial charge in [-0.15, -0.1) is 0 Å². The quantitative estimate of drug-likeness (QED) is 0.508. The number of rotatable bonds is 3. The monoisotopic (exact) mass is 250 g/mol. The third kappa shape index (κ3) is 2.37. The minimum absolute atomic E-state index is 0.208. The molecule has 0 aliphatic rings. The minimum atomic E-state index is -0.554. The maximum atomic E-state index is 12.1. The maximum absolute atomic E-state index is 12.1. The Morgan fingerprint density at radius 3 is 1.83 bits per heavy atom. The lowest BCUT2D eigenvalue weighted by atomic mass is 9.90. The van der Waals surface area contributed by atoms with Gasteiger partial charge in [-0.3, -0.25) is 9.59 Å². The summed E-state index contributed by atoms with van der Waals surface area (Å²) in [5.74, 6) is -0.621. The number of methoxy groups -OCH3 is 1. The Morgan fingerprint density at radius 1 is 1.00 bits per heavy atom. The number of benzene rings is 1. The van der Waals surface area contributed by atoms with Crippen molar-refractivity contribution in [3.05, 3.63) is 27.8 Å². The molecule has 0 saturated heterocycles. The van der Waals surface area contributed by atoms with Gasteiger partial charge in [-0.05, 0) is 49.9 Å². The van der Waals surface area contributed by atoms with Gasteiger partial charge in [-0.1, -0.05) is 0 Å². The van der Waals surface area contributed by atoms with Crippen LogP contribution in [0, 0.1) is 27.7 Å². The first-order valence-electron chi connectivity index (χ1n) is 5.70. The summed E-state index contributed by atoms with van der Waals surface area (Å²) in [6, 6.07) is 0. The first kappa shape index (κ1) is 14.2. The van der Waals surface area contributed by atoms with E-state index >= 15 is 0 Å². The lowest BCUT2D eigenvalue weighted by Gasteiger charge is -2.16. The predicted octanol–water partition coefficient (Wildman–Crippen LogP) is 2.37. The van der Waals surface area contributed by atoms with Crippen molar-refractivity contribution < 1.29 is 19.4 Å². The van der Waals surface area contributed by atoms with E-state index in [0.29, 0.717) is 27.8 Å². The normalized spacial score (nSPS) is 10.3. The number of ketones is 1. The summed E-state index contributed by atoms with van der Waals surface area (Å²) in [5.41, 5.74) is 3.28. The van der Waals surface area contributed by atoms with Crippen molar-refractivity contribution in [2.24, 2.45) is 0 Å². The maximum Gasteiger partial charge on any atom is 0.313 e. The molecule has 0 radical (unpaired) electrons. The van der Waals surface area contributed by atoms with Gasteiger partial charge >= 0.3 is 5.97 Å². The zero-order valence-electron chi connectivity index (χ0n) is 11.4. The molecule has 98 valence electrons. The standard InChI is InChI=1S/C14H18O4/c1-7-9(3)14(17)10(4)8(2)13(7)11(15)6-12(16)18-5/h17H,6H2,1-5H3. The zero-order chi connectivity index (χ0) is 14.0. The first-order valence-corrected chi connectivity index (χ1v) is 5.70. The van der Waals surface area contributed by atoms with Crippen LogP contribution in [0.2, 0.25) is 0 Å². The Labute approximate surface area is 107 Å². The fourth-order valence-corrected chi connectivity index (χ4v) is 2.00. The summed E-state index contributed by atoms with van der Waals surface area (Å²) < 4.78 is 4.50. The predicted molar refractivity (Wildman–Crippen MR) is 68.0 cm³/mol. The van der Waals surface area contributed by atoms with Crippen LogP contribution in [0.3, 0.4) is 0 Å². The number of carbonyl (C=O) groups is 2. The van der Waals surface area contributed by atoms with Crippen LogP contribution in [0.5, 0.6) is 5.75 Å². The van der Waals surface area contributed by atoms with Crippen molar-refractivity contribution in [3.8, 4) is 5.75 Å². The Balaban J connectivity index is 3.33. The molecule has 0 fully saturated rings. The summed E-state index contributed by atoms with van der Waals surface area (Å²) in [4.78, 5) is 23.3. The molecule has 1 aromatic rings. The fourth-order valence-electron chi connectivity index (χ4n) is 2.00. The second-order valence-electron chi connectivity index (χ2n) is 4.40. The van der Waals surface area contributed by atoms with Crippen molar-refractivity contribution in [2.45, 2.75) is 34.1 Å². The number of hydrogen-bond donors (Lipinski definition) is 1. The Hall–Kier alpha value is -1.84. The average molecular weight is 250 g/mol. The average Bonchev–Trinajstić information content (AvgIpc) is 2.34. The summed E-state index contributed by atoms with van der Waals surface area (Å²) in [6.07, 6.45) is -0.276. The molecule has 1 rings (SSSR count). The van der Waals surface area contributed by atoms with Crippen LogP contribution in [0.4, 0.5) is 0 Å². The number of phenolic OH excluding ortho intramolecular Hbond substituents is 1. The minimum Gasteiger partial charge on any atom is -0.507 e. The van der Waals surface area contributed by atoms with Crippen LogP contribution in [0.1, 0.15) is 39.0 Å². The van der Waals surface area contributed by atoms with Gasteiger partial charge in [0.15, 0.2) is 5.78 Å². The molecule has 1 N–H and O–H groups in total. The van der Waals surface area contributed by atoms with Crippen LogP contribution in [-0.4, -0.2) is 24.0 Å². The molecule has 18 heavy (non-hydrogen) atoms. The molecule has 0 amide bonds. The molecule has 0 aliphatic carbocycles. The van der Waals surface area contributed by atoms with Crippen LogP contribution in [0.25, 0.3) is 0 Å². The first-order chi connectivity index (χ1) is 8.31. The third-order valence-electron chi connectivity index (χ3n) is 3.40. The van der Waals surface area contributed by atoms with Crippen LogP contribution in [0.15, 0.2) is 0 Å². The highest BCUT2D eigenvalue weighted by Gasteiger charge is 2.21. The number of phenols is 1. The molecule has 4 nitrogen and oxygen atoms in total. The topological polar surface area (TPSA) is 63.6 Å². The number of Topliss-reactive ketones (excluding diaryl/α,β-unsaturated/α-hetero) is 1. The number of ether oxygens (including phenoxy) is 1. The van der Waals surface area contributed by atoms with E-state index in [2.05, 4.69) is 4.74 Å². The van der Waals surface area contributed by atoms with Crippen LogP contribution < -0.4 is 0 Å². The highest BCUT2D eigenvalue weighted by molar-refractivity contribution is 6.08. The Morgan fingerprint density at radius 2 is 1.44 bits per heavy atom. The molecule has 0 saturated carbocycles. The van der Waals surface area contributed by atoms with Gasteiger partial charge in [0.1, 0.15) is 12.2 Å². The van der Waals surface area contributed by atoms with E-state index in [0.717, 1.165) is 0 Å². The van der Waals surface area contributed by atoms with Crippen LogP contribution in [-0.2, 0) is 9.53 Å². The van der Waals surface area contributed by atoms with Crippen molar-refractivity contribution in [1.82, 2.24) is 0 Å². The number of carbonyl (C=O) groups excluding carboxylic acids is 2. The molecule has 0 heterocycles. The summed E-state index contributed by atoms with van der Waals surface area (Å²) in [6.45, 7) is 7.05. The van der Waals surface area contributed by atoms with E-state index in [1.165, 1.54) is 7.11 Å². The molecule has 0 aromatic heterocycles. The van der Waals surface area contributed by atoms with Crippen LogP contribution >= 0.6 is 0 Å². The van der Waals surface area contributed by atoms with E-state index in [1.807, 2.05) is 0 Å². The van der Waals surface area contributed by atoms with Gasteiger partial charge in [0.2, 0.25) is 0 Å². The largest absolute Gasteiger partial charge is 0.507 e. The molecule has 0 aliphatic heterocycles. The van der Waals surface area contributed by atoms with Gasteiger partial charge in [0.05, 0.1) is 7.11 Å². The van der Waals surface area contributed by atoms with Crippen molar-refractivity contribution in [2.75, 3.05) is 7.11 Å². The fraction of sp³-hybridized carbons (Fsp3) is 0.429. The van der Waals surface area contributed by atoms with Crippen molar-refractivity contribution in [3.63, 3.8) is 0 Å². The van der Waals surface area contributed by atoms with Crippen molar-refractivity contribution >= 4 is 11.8 Å². The Kier molecular flexibility index (Phi) is 4.11. The van der Waals surface area contributed by atoms with Gasteiger partial charge in [-0.25, -0.2) is 0 Å². The van der Waals surface area contributed by atoms with E-state index in [1.54, 1.807) is 27.7 Å². The number of hydrogen-bond acceptors (Lipinski definition) is 4. The molecular formula is C14H18O4. The lowest BCUT2D eigenvalue weighted by Crippen LogP contribution is -2.13. The smallest absolute Gasteiger partial charge is 0.313 e. The van der Waals surface area contributed by atoms with E-state index in [-0.39, 0.29) is 18.0 Å². The molecular weight excluding hydrogens is 232 g/mol. The van der Waals surface area contributed by atoms with Gasteiger partial charge in [-0.2, -0.15) is 0 Å². The van der Waals surface area contributed by atoms with Crippen molar-refractivity contribution in [1.29, 1.82) is 0 Å². The summed E-state index contributed by atoms with van der Waals surface area (Å²) >= 11 is 0. The zero-order valence-corrected chi connectivity index (χ0v) is 11.4. The molecule has 1 aromatic carbocycles. The van der Waals surface area contributed by atoms with E-state index in [9.17, 15) is 14.7 Å². The van der Waals surface area contributed by atoms with E-state index in [4.69, 9.17) is 0 Å². The molecule has 4 heteroatoms. The molecule has 0 bridgehead atoms. The van der Waals surface area contributed by atoms with E-state index < -0.39 is 5.97 Å². The molecule has 0 spiro atoms. The highest BCUT2D eigenvalue weighted by Crippen LogP contribution is 2.32. The second-order valence-corrected chi connectivity index (χ2v) is 4.40. The Bertz CT molecular complexity index is 486. The van der Waals surface area contributed by atoms with Gasteiger partial charge in [0.25, 0.3) is 0 Å². The van der Waals surface area contributed by atoms with Gasteiger partial charge in [0, 0.05) is 5.56 Å². The number of esters is 1. The SMILES string of the molecule is COC(=O)CC(=O)c1c(C)c(C)c(O)c(C)c1C. The summed E-state index contributed by atoms with van der Waals surface area (Å²) in [7, 11) is 1.25. The number of aromatic hydroxyl groups is 1. The molecule has 0 unspecified atom stereocenters.